The van der Waals surface area contributed by atoms with Crippen LogP contribution in [0.5, 0.6) is 0 Å². The van der Waals surface area contributed by atoms with Crippen molar-refractivity contribution in [1.29, 1.82) is 0 Å². The van der Waals surface area contributed by atoms with Crippen molar-refractivity contribution in [3.05, 3.63) is 11.7 Å². The second-order valence-corrected chi connectivity index (χ2v) is 6.84. The Morgan fingerprint density at radius 1 is 1.12 bits per heavy atom. The van der Waals surface area contributed by atoms with Crippen LogP contribution < -0.4 is 0 Å². The summed E-state index contributed by atoms with van der Waals surface area (Å²) in [6.45, 7) is -0.352. The summed E-state index contributed by atoms with van der Waals surface area (Å²) in [6, 6.07) is -0.649. The number of carbonyl (C=O) groups excluding carboxylic acids is 1. The van der Waals surface area contributed by atoms with Gasteiger partial charge in [-0.2, -0.15) is 18.2 Å². The molecule has 24 heavy (non-hydrogen) atoms. The summed E-state index contributed by atoms with van der Waals surface area (Å²) in [5, 5.41) is 4.05. The minimum atomic E-state index is -4.36. The van der Waals surface area contributed by atoms with Crippen LogP contribution >= 0.6 is 0 Å². The Bertz CT molecular complexity index is 628. The average molecular weight is 344 g/mol. The third-order valence-corrected chi connectivity index (χ3v) is 5.02. The molecule has 6 nitrogen and oxygen atoms in total. The van der Waals surface area contributed by atoms with E-state index in [9.17, 15) is 18.0 Å². The van der Waals surface area contributed by atoms with Gasteiger partial charge in [-0.05, 0) is 38.6 Å². The zero-order valence-electron chi connectivity index (χ0n) is 13.1. The number of hydrogen-bond acceptors (Lipinski definition) is 5. The van der Waals surface area contributed by atoms with Gasteiger partial charge in [-0.1, -0.05) is 5.16 Å². The van der Waals surface area contributed by atoms with E-state index >= 15 is 0 Å². The molecule has 9 heteroatoms. The van der Waals surface area contributed by atoms with Crippen molar-refractivity contribution >= 4 is 5.91 Å². The van der Waals surface area contributed by atoms with Crippen LogP contribution in [0.3, 0.4) is 0 Å². The van der Waals surface area contributed by atoms with E-state index < -0.39 is 24.7 Å². The first-order valence-corrected chi connectivity index (χ1v) is 8.37. The topological polar surface area (TPSA) is 62.5 Å². The molecule has 0 spiro atoms. The van der Waals surface area contributed by atoms with Gasteiger partial charge in [0.2, 0.25) is 11.8 Å². The third kappa shape index (κ3) is 3.01. The van der Waals surface area contributed by atoms with Crippen LogP contribution in [-0.4, -0.2) is 57.7 Å². The molecule has 3 fully saturated rings. The van der Waals surface area contributed by atoms with Crippen LogP contribution in [-0.2, 0) is 4.79 Å². The number of alkyl halides is 3. The van der Waals surface area contributed by atoms with Gasteiger partial charge in [-0.15, -0.1) is 0 Å². The molecule has 0 radical (unpaired) electrons. The molecule has 0 aromatic carbocycles. The Kier molecular flexibility index (Phi) is 3.78. The van der Waals surface area contributed by atoms with E-state index in [1.807, 2.05) is 4.90 Å². The normalized spacial score (nSPS) is 29.0. The fraction of sp³-hybridized carbons (Fsp3) is 0.800. The number of rotatable bonds is 4. The van der Waals surface area contributed by atoms with Crippen LogP contribution in [0.15, 0.2) is 4.52 Å². The quantitative estimate of drug-likeness (QED) is 0.838. The van der Waals surface area contributed by atoms with Crippen LogP contribution in [0, 0.1) is 0 Å². The van der Waals surface area contributed by atoms with E-state index in [2.05, 4.69) is 10.1 Å². The van der Waals surface area contributed by atoms with Crippen molar-refractivity contribution in [2.75, 3.05) is 19.6 Å². The number of hydrogen-bond donors (Lipinski definition) is 0. The molecule has 4 rings (SSSR count). The van der Waals surface area contributed by atoms with E-state index in [0.717, 1.165) is 30.6 Å². The van der Waals surface area contributed by atoms with Gasteiger partial charge in [0.05, 0.1) is 12.1 Å². The van der Waals surface area contributed by atoms with Crippen LogP contribution in [0.4, 0.5) is 13.2 Å². The molecule has 0 bridgehead atoms. The third-order valence-electron chi connectivity index (χ3n) is 5.02. The minimum absolute atomic E-state index is 0.138. The number of aromatic nitrogens is 2. The molecule has 2 aliphatic heterocycles. The molecule has 2 atom stereocenters. The number of likely N-dealkylation sites (tertiary alicyclic amines) is 2. The maximum absolute atomic E-state index is 12.6. The zero-order chi connectivity index (χ0) is 16.9. The van der Waals surface area contributed by atoms with Crippen molar-refractivity contribution in [3.8, 4) is 0 Å². The highest BCUT2D eigenvalue weighted by molar-refractivity contribution is 5.84. The van der Waals surface area contributed by atoms with Gasteiger partial charge in [0.1, 0.15) is 6.54 Å². The molecular formula is C15H19F3N4O2. The predicted octanol–water partition coefficient (Wildman–Crippen LogP) is 2.25. The van der Waals surface area contributed by atoms with E-state index in [0.29, 0.717) is 30.6 Å². The van der Waals surface area contributed by atoms with E-state index in [1.165, 1.54) is 0 Å². The summed E-state index contributed by atoms with van der Waals surface area (Å²) >= 11 is 0. The summed E-state index contributed by atoms with van der Waals surface area (Å²) in [7, 11) is 0. The SMILES string of the molecule is O=C1[C@H](N2CCC[C@H]2c2noc(C3CC3)n2)CCN1CC(F)(F)F. The lowest BCUT2D eigenvalue weighted by atomic mass is 10.1. The van der Waals surface area contributed by atoms with E-state index in [-0.39, 0.29) is 12.6 Å². The second kappa shape index (κ2) is 5.72. The maximum atomic E-state index is 12.6. The van der Waals surface area contributed by atoms with Gasteiger partial charge in [0.25, 0.3) is 0 Å². The summed E-state index contributed by atoms with van der Waals surface area (Å²) < 4.78 is 43.0. The Morgan fingerprint density at radius 2 is 1.92 bits per heavy atom. The molecule has 1 aromatic heterocycles. The molecule has 0 unspecified atom stereocenters. The van der Waals surface area contributed by atoms with Crippen molar-refractivity contribution in [1.82, 2.24) is 19.9 Å². The molecule has 1 saturated carbocycles. The largest absolute Gasteiger partial charge is 0.406 e. The highest BCUT2D eigenvalue weighted by Crippen LogP contribution is 2.41. The first-order chi connectivity index (χ1) is 11.4. The molecule has 1 aliphatic carbocycles. The first kappa shape index (κ1) is 15.9. The molecule has 3 aliphatic rings. The van der Waals surface area contributed by atoms with Gasteiger partial charge in [-0.25, -0.2) is 0 Å². The first-order valence-electron chi connectivity index (χ1n) is 8.37. The van der Waals surface area contributed by atoms with Crippen molar-refractivity contribution < 1.29 is 22.5 Å². The zero-order valence-corrected chi connectivity index (χ0v) is 13.1. The van der Waals surface area contributed by atoms with Gasteiger partial charge in [-0.3, -0.25) is 9.69 Å². The fourth-order valence-electron chi connectivity index (χ4n) is 3.72. The van der Waals surface area contributed by atoms with Crippen LogP contribution in [0.25, 0.3) is 0 Å². The lowest BCUT2D eigenvalue weighted by Crippen LogP contribution is -2.43. The number of halogens is 3. The minimum Gasteiger partial charge on any atom is -0.339 e. The monoisotopic (exact) mass is 344 g/mol. The highest BCUT2D eigenvalue weighted by Gasteiger charge is 2.45. The van der Waals surface area contributed by atoms with Crippen LogP contribution in [0.2, 0.25) is 0 Å². The highest BCUT2D eigenvalue weighted by atomic mass is 19.4. The Labute approximate surface area is 137 Å². The Morgan fingerprint density at radius 3 is 2.62 bits per heavy atom. The van der Waals surface area contributed by atoms with E-state index in [1.54, 1.807) is 0 Å². The van der Waals surface area contributed by atoms with Gasteiger partial charge in [0.15, 0.2) is 5.82 Å². The molecule has 132 valence electrons. The molecule has 0 N–H and O–H groups in total. The lowest BCUT2D eigenvalue weighted by Gasteiger charge is -2.27. The standard InChI is InChI=1S/C15H19F3N4O2/c16-15(17,18)8-21-7-5-11(14(21)23)22-6-1-2-10(22)12-19-13(24-20-12)9-3-4-9/h9-11H,1-8H2/t10-,11+/m0/s1. The van der Waals surface area contributed by atoms with Crippen molar-refractivity contribution in [3.63, 3.8) is 0 Å². The predicted molar refractivity (Wildman–Crippen MR) is 76.0 cm³/mol. The number of nitrogens with zero attached hydrogens (tertiary/aromatic N) is 4. The lowest BCUT2D eigenvalue weighted by molar-refractivity contribution is -0.159. The molecule has 1 amide bonds. The number of carbonyl (C=O) groups is 1. The molecule has 1 aromatic rings. The smallest absolute Gasteiger partial charge is 0.339 e. The van der Waals surface area contributed by atoms with E-state index in [4.69, 9.17) is 4.52 Å². The number of amides is 1. The maximum Gasteiger partial charge on any atom is 0.406 e. The Balaban J connectivity index is 1.47. The molecular weight excluding hydrogens is 325 g/mol. The van der Waals surface area contributed by atoms with Crippen molar-refractivity contribution in [2.24, 2.45) is 0 Å². The Hall–Kier alpha value is -1.64. The summed E-state index contributed by atoms with van der Waals surface area (Å²) in [5.74, 6) is 1.13. The average Bonchev–Trinajstić information content (AvgIpc) is 2.93. The second-order valence-electron chi connectivity index (χ2n) is 6.84. The fourth-order valence-corrected chi connectivity index (χ4v) is 3.72. The summed E-state index contributed by atoms with van der Waals surface area (Å²) in [5.41, 5.74) is 0. The van der Waals surface area contributed by atoms with Gasteiger partial charge in [0, 0.05) is 12.5 Å². The van der Waals surface area contributed by atoms with Gasteiger partial charge < -0.3 is 9.42 Å². The van der Waals surface area contributed by atoms with Gasteiger partial charge >= 0.3 is 6.18 Å². The summed E-state index contributed by atoms with van der Waals surface area (Å²) in [4.78, 5) is 19.7. The summed E-state index contributed by atoms with van der Waals surface area (Å²) in [6.07, 6.45) is -0.151. The molecule has 3 heterocycles. The van der Waals surface area contributed by atoms with Crippen LogP contribution in [0.1, 0.15) is 55.8 Å². The van der Waals surface area contributed by atoms with Crippen molar-refractivity contribution in [2.45, 2.75) is 56.3 Å². The molecule has 2 saturated heterocycles.